The van der Waals surface area contributed by atoms with Gasteiger partial charge in [-0.3, -0.25) is 0 Å². The molecule has 1 heterocycles. The van der Waals surface area contributed by atoms with Gasteiger partial charge in [-0.2, -0.15) is 4.68 Å². The number of ether oxygens (including phenoxy) is 2. The van der Waals surface area contributed by atoms with Crippen molar-refractivity contribution in [3.63, 3.8) is 0 Å². The van der Waals surface area contributed by atoms with Gasteiger partial charge in [-0.1, -0.05) is 5.10 Å². The van der Waals surface area contributed by atoms with Crippen LogP contribution >= 0.6 is 0 Å². The number of halogens is 2. The minimum Gasteiger partial charge on any atom is -0.497 e. The van der Waals surface area contributed by atoms with E-state index in [2.05, 4.69) is 5.10 Å². The van der Waals surface area contributed by atoms with Gasteiger partial charge in [0.05, 0.1) is 12.8 Å². The van der Waals surface area contributed by atoms with Crippen LogP contribution in [0.25, 0.3) is 5.69 Å². The lowest BCUT2D eigenvalue weighted by Crippen LogP contribution is -2.13. The highest BCUT2D eigenvalue weighted by molar-refractivity contribution is 5.36. The number of rotatable bonds is 4. The van der Waals surface area contributed by atoms with Gasteiger partial charge in [0.1, 0.15) is 11.6 Å². The van der Waals surface area contributed by atoms with E-state index in [9.17, 15) is 13.6 Å². The lowest BCUT2D eigenvalue weighted by Gasteiger charge is -2.02. The van der Waals surface area contributed by atoms with E-state index < -0.39 is 23.5 Å². The molecule has 0 aliphatic carbocycles. The third kappa shape index (κ3) is 3.05. The smallest absolute Gasteiger partial charge is 0.444 e. The van der Waals surface area contributed by atoms with Crippen molar-refractivity contribution < 1.29 is 22.7 Å². The SMILES string of the molecule is COc1ccc(-n2nc(Oc3ccc(F)cc3F)oc2=O)cc1. The molecule has 0 fully saturated rings. The van der Waals surface area contributed by atoms with Crippen LogP contribution in [-0.4, -0.2) is 16.9 Å². The van der Waals surface area contributed by atoms with E-state index in [1.165, 1.54) is 7.11 Å². The zero-order valence-electron chi connectivity index (χ0n) is 11.8. The van der Waals surface area contributed by atoms with Gasteiger partial charge in [-0.25, -0.2) is 13.6 Å². The van der Waals surface area contributed by atoms with Crippen LogP contribution in [0.2, 0.25) is 0 Å². The standard InChI is InChI=1S/C15H10F2N2O4/c1-21-11-5-3-10(4-6-11)19-15(20)23-14(18-19)22-13-7-2-9(16)8-12(13)17/h2-8H,1H3. The molecular formula is C15H10F2N2O4. The first-order chi connectivity index (χ1) is 11.1. The van der Waals surface area contributed by atoms with Crippen molar-refractivity contribution >= 4 is 0 Å². The highest BCUT2D eigenvalue weighted by atomic mass is 19.1. The molecule has 0 unspecified atom stereocenters. The molecule has 0 atom stereocenters. The van der Waals surface area contributed by atoms with Crippen LogP contribution in [0.3, 0.4) is 0 Å². The van der Waals surface area contributed by atoms with Crippen LogP contribution in [0.4, 0.5) is 8.78 Å². The van der Waals surface area contributed by atoms with Crippen molar-refractivity contribution in [3.8, 4) is 23.3 Å². The first-order valence-corrected chi connectivity index (χ1v) is 6.44. The number of methoxy groups -OCH3 is 1. The summed E-state index contributed by atoms with van der Waals surface area (Å²) in [5.74, 6) is -2.20. The Kier molecular flexibility index (Phi) is 3.80. The summed E-state index contributed by atoms with van der Waals surface area (Å²) < 4.78 is 42.1. The molecule has 0 amide bonds. The molecule has 8 heteroatoms. The number of nitrogens with zero attached hydrogens (tertiary/aromatic N) is 2. The van der Waals surface area contributed by atoms with Crippen LogP contribution in [0, 0.1) is 11.6 Å². The van der Waals surface area contributed by atoms with Gasteiger partial charge in [0.25, 0.3) is 0 Å². The maximum atomic E-state index is 13.5. The number of aromatic nitrogens is 2. The molecule has 118 valence electrons. The molecule has 0 aliphatic heterocycles. The maximum absolute atomic E-state index is 13.5. The Balaban J connectivity index is 1.89. The predicted molar refractivity (Wildman–Crippen MR) is 75.1 cm³/mol. The quantitative estimate of drug-likeness (QED) is 0.739. The monoisotopic (exact) mass is 320 g/mol. The van der Waals surface area contributed by atoms with Gasteiger partial charge in [0.15, 0.2) is 11.6 Å². The van der Waals surface area contributed by atoms with Gasteiger partial charge in [-0.05, 0) is 36.4 Å². The summed E-state index contributed by atoms with van der Waals surface area (Å²) in [5.41, 5.74) is 0.411. The van der Waals surface area contributed by atoms with E-state index in [-0.39, 0.29) is 5.75 Å². The third-order valence-corrected chi connectivity index (χ3v) is 2.94. The number of hydrogen-bond donors (Lipinski definition) is 0. The molecule has 0 aliphatic rings. The molecule has 0 N–H and O–H groups in total. The minimum atomic E-state index is -0.938. The molecule has 0 saturated carbocycles. The molecule has 6 nitrogen and oxygen atoms in total. The molecule has 3 aromatic rings. The fraction of sp³-hybridized carbons (Fsp3) is 0.0667. The zero-order valence-corrected chi connectivity index (χ0v) is 11.8. The first kappa shape index (κ1) is 14.8. The summed E-state index contributed by atoms with van der Waals surface area (Å²) >= 11 is 0. The Labute approximate surface area is 128 Å². The lowest BCUT2D eigenvalue weighted by molar-refractivity contribution is 0.308. The van der Waals surface area contributed by atoms with E-state index in [0.29, 0.717) is 17.5 Å². The Morgan fingerprint density at radius 3 is 2.52 bits per heavy atom. The topological polar surface area (TPSA) is 66.5 Å². The fourth-order valence-corrected chi connectivity index (χ4v) is 1.84. The second-order valence-corrected chi connectivity index (χ2v) is 4.42. The van der Waals surface area contributed by atoms with Crippen LogP contribution in [0.5, 0.6) is 17.6 Å². The van der Waals surface area contributed by atoms with Gasteiger partial charge in [0.2, 0.25) is 0 Å². The maximum Gasteiger partial charge on any atom is 0.444 e. The summed E-state index contributed by atoms with van der Waals surface area (Å²) in [4.78, 5) is 11.8. The average Bonchev–Trinajstić information content (AvgIpc) is 2.91. The predicted octanol–water partition coefficient (Wildman–Crippen LogP) is 2.90. The zero-order chi connectivity index (χ0) is 16.4. The van der Waals surface area contributed by atoms with Crippen LogP contribution < -0.4 is 15.2 Å². The normalized spacial score (nSPS) is 10.6. The second-order valence-electron chi connectivity index (χ2n) is 4.42. The summed E-state index contributed by atoms with van der Waals surface area (Å²) in [6, 6.07) is 9.17. The number of benzene rings is 2. The van der Waals surface area contributed by atoms with Crippen molar-refractivity contribution in [2.75, 3.05) is 7.11 Å². The molecule has 2 aromatic carbocycles. The summed E-state index contributed by atoms with van der Waals surface area (Å²) in [7, 11) is 1.51. The van der Waals surface area contributed by atoms with E-state index in [1.807, 2.05) is 0 Å². The average molecular weight is 320 g/mol. The molecule has 3 rings (SSSR count). The van der Waals surface area contributed by atoms with Crippen LogP contribution in [0.1, 0.15) is 0 Å². The van der Waals surface area contributed by atoms with E-state index in [0.717, 1.165) is 16.8 Å². The summed E-state index contributed by atoms with van der Waals surface area (Å²) in [6.07, 6.45) is -0.462. The van der Waals surface area contributed by atoms with Crippen LogP contribution in [-0.2, 0) is 0 Å². The van der Waals surface area contributed by atoms with Crippen molar-refractivity contribution in [1.82, 2.24) is 9.78 Å². The fourth-order valence-electron chi connectivity index (χ4n) is 1.84. The minimum absolute atomic E-state index is 0.311. The third-order valence-electron chi connectivity index (χ3n) is 2.94. The highest BCUT2D eigenvalue weighted by Gasteiger charge is 2.14. The largest absolute Gasteiger partial charge is 0.497 e. The molecule has 23 heavy (non-hydrogen) atoms. The molecule has 0 spiro atoms. The summed E-state index contributed by atoms with van der Waals surface area (Å²) in [6.45, 7) is 0. The Morgan fingerprint density at radius 2 is 1.87 bits per heavy atom. The van der Waals surface area contributed by atoms with Gasteiger partial charge in [-0.15, -0.1) is 0 Å². The van der Waals surface area contributed by atoms with Gasteiger partial charge < -0.3 is 13.9 Å². The summed E-state index contributed by atoms with van der Waals surface area (Å²) in [5, 5.41) is 3.81. The van der Waals surface area contributed by atoms with Crippen molar-refractivity contribution in [2.45, 2.75) is 0 Å². The first-order valence-electron chi connectivity index (χ1n) is 6.44. The Bertz CT molecular complexity index is 887. The molecular weight excluding hydrogens is 310 g/mol. The molecule has 1 aromatic heterocycles. The van der Waals surface area contributed by atoms with Gasteiger partial charge >= 0.3 is 11.8 Å². The van der Waals surface area contributed by atoms with Gasteiger partial charge in [0, 0.05) is 6.07 Å². The van der Waals surface area contributed by atoms with Crippen molar-refractivity contribution in [1.29, 1.82) is 0 Å². The Hall–Kier alpha value is -3.16. The van der Waals surface area contributed by atoms with E-state index in [4.69, 9.17) is 13.9 Å². The molecule has 0 bridgehead atoms. The van der Waals surface area contributed by atoms with Crippen LogP contribution in [0.15, 0.2) is 51.7 Å². The second kappa shape index (κ2) is 5.91. The highest BCUT2D eigenvalue weighted by Crippen LogP contribution is 2.23. The number of hydrogen-bond acceptors (Lipinski definition) is 5. The van der Waals surface area contributed by atoms with E-state index >= 15 is 0 Å². The van der Waals surface area contributed by atoms with E-state index in [1.54, 1.807) is 24.3 Å². The Morgan fingerprint density at radius 1 is 1.13 bits per heavy atom. The van der Waals surface area contributed by atoms with Crippen molar-refractivity contribution in [2.24, 2.45) is 0 Å². The lowest BCUT2D eigenvalue weighted by atomic mass is 10.3. The molecule has 0 saturated heterocycles. The van der Waals surface area contributed by atoms with Crippen molar-refractivity contribution in [3.05, 3.63) is 64.6 Å². The molecule has 0 radical (unpaired) electrons.